The Labute approximate surface area is 149 Å². The molecule has 0 amide bonds. The van der Waals surface area contributed by atoms with Gasteiger partial charge in [0.15, 0.2) is 6.29 Å². The highest BCUT2D eigenvalue weighted by Crippen LogP contribution is 2.38. The summed E-state index contributed by atoms with van der Waals surface area (Å²) < 4.78 is 16.6. The summed E-state index contributed by atoms with van der Waals surface area (Å²) in [4.78, 5) is 0. The Morgan fingerprint density at radius 3 is 2.17 bits per heavy atom. The number of aliphatic hydroxyl groups excluding tert-OH is 4. The molecule has 0 aliphatic carbocycles. The topological polar surface area (TPSA) is 109 Å². The Kier molecular flexibility index (Phi) is 6.81. The van der Waals surface area contributed by atoms with Crippen LogP contribution in [0.2, 0.25) is 0 Å². The summed E-state index contributed by atoms with van der Waals surface area (Å²) in [5.41, 5.74) is 0. The van der Waals surface area contributed by atoms with E-state index in [1.54, 1.807) is 6.92 Å². The molecule has 23 heavy (non-hydrogen) atoms. The van der Waals surface area contributed by atoms with Gasteiger partial charge in [0.05, 0.1) is 23.2 Å². The smallest absolute Gasteiger partial charge is 0.214 e. The van der Waals surface area contributed by atoms with Crippen LogP contribution < -0.4 is 0 Å². The van der Waals surface area contributed by atoms with Crippen LogP contribution in [0.3, 0.4) is 0 Å². The van der Waals surface area contributed by atoms with Crippen molar-refractivity contribution in [1.82, 2.24) is 0 Å². The van der Waals surface area contributed by atoms with Crippen molar-refractivity contribution in [3.05, 3.63) is 0 Å². The predicted molar refractivity (Wildman–Crippen MR) is 82.7 cm³/mol. The lowest BCUT2D eigenvalue weighted by Crippen LogP contribution is -2.60. The summed E-state index contributed by atoms with van der Waals surface area (Å²) in [5, 5.41) is 39.5. The Balaban J connectivity index is 2.18. The quantitative estimate of drug-likeness (QED) is 0.476. The normalized spacial score (nSPS) is 51.1. The predicted octanol–water partition coefficient (Wildman–Crippen LogP) is -0.238. The zero-order valence-electron chi connectivity index (χ0n) is 12.4. The van der Waals surface area contributed by atoms with Crippen LogP contribution in [0.1, 0.15) is 13.3 Å². The van der Waals surface area contributed by atoms with E-state index in [0.717, 1.165) is 0 Å². The largest absolute Gasteiger partial charge is 0.389 e. The molecule has 0 bridgehead atoms. The third-order valence-corrected chi connectivity index (χ3v) is 5.40. The number of alkyl halides is 3. The molecular weight excluding hydrogens is 374 g/mol. The molecule has 2 aliphatic heterocycles. The van der Waals surface area contributed by atoms with E-state index in [1.165, 1.54) is 0 Å². The number of ether oxygens (including phenoxy) is 3. The molecule has 8 unspecified atom stereocenters. The maximum atomic E-state index is 10.2. The molecule has 9 atom stereocenters. The lowest BCUT2D eigenvalue weighted by molar-refractivity contribution is -0.356. The SMILES string of the molecule is CCC1OC(O[C@]2(CCl)OC(CCl)C(O)C2O)C(O)C(O)C1Cl. The van der Waals surface area contributed by atoms with Crippen LogP contribution in [0.5, 0.6) is 0 Å². The summed E-state index contributed by atoms with van der Waals surface area (Å²) in [7, 11) is 0. The molecule has 0 aromatic heterocycles. The van der Waals surface area contributed by atoms with Gasteiger partial charge in [-0.05, 0) is 6.42 Å². The molecule has 0 aromatic rings. The zero-order valence-corrected chi connectivity index (χ0v) is 14.7. The molecule has 136 valence electrons. The van der Waals surface area contributed by atoms with E-state index in [-0.39, 0.29) is 11.8 Å². The van der Waals surface area contributed by atoms with Gasteiger partial charge in [0.25, 0.3) is 0 Å². The van der Waals surface area contributed by atoms with Crippen LogP contribution in [-0.2, 0) is 14.2 Å². The second-order valence-corrected chi connectivity index (χ2v) is 6.77. The van der Waals surface area contributed by atoms with Gasteiger partial charge in [0.2, 0.25) is 5.79 Å². The summed E-state index contributed by atoms with van der Waals surface area (Å²) in [6.45, 7) is 1.80. The van der Waals surface area contributed by atoms with Gasteiger partial charge < -0.3 is 34.6 Å². The standard InChI is InChI=1S/C13H21Cl3O7/c1-2-5-7(16)9(18)10(19)12(21-5)23-13(4-15)11(20)8(17)6(3-14)22-13/h5-12,17-20H,2-4H2,1H3/t5?,6?,7?,8?,9?,10?,11?,12?,13-/m0/s1. The van der Waals surface area contributed by atoms with Crippen LogP contribution in [0.15, 0.2) is 0 Å². The van der Waals surface area contributed by atoms with Crippen molar-refractivity contribution in [1.29, 1.82) is 0 Å². The Hall–Kier alpha value is 0.590. The second-order valence-electron chi connectivity index (χ2n) is 5.69. The first-order valence-corrected chi connectivity index (χ1v) is 8.81. The molecule has 2 fully saturated rings. The molecule has 0 spiro atoms. The molecule has 2 aliphatic rings. The van der Waals surface area contributed by atoms with Crippen molar-refractivity contribution in [3.63, 3.8) is 0 Å². The van der Waals surface area contributed by atoms with Crippen LogP contribution in [0.4, 0.5) is 0 Å². The molecule has 2 rings (SSSR count). The molecule has 2 saturated heterocycles. The Bertz CT molecular complexity index is 402. The minimum Gasteiger partial charge on any atom is -0.389 e. The third-order valence-electron chi connectivity index (χ3n) is 4.18. The first kappa shape index (κ1) is 19.9. The van der Waals surface area contributed by atoms with Crippen LogP contribution in [0, 0.1) is 0 Å². The first-order chi connectivity index (χ1) is 10.8. The summed E-state index contributed by atoms with van der Waals surface area (Å²) in [6.07, 6.45) is -7.88. The van der Waals surface area contributed by atoms with Gasteiger partial charge >= 0.3 is 0 Å². The van der Waals surface area contributed by atoms with Gasteiger partial charge in [0.1, 0.15) is 30.5 Å². The number of halogens is 3. The maximum Gasteiger partial charge on any atom is 0.214 e. The molecule has 4 N–H and O–H groups in total. The number of aliphatic hydroxyl groups is 4. The van der Waals surface area contributed by atoms with Gasteiger partial charge in [-0.25, -0.2) is 0 Å². The minimum absolute atomic E-state index is 0.0851. The van der Waals surface area contributed by atoms with Crippen molar-refractivity contribution < 1.29 is 34.6 Å². The van der Waals surface area contributed by atoms with E-state index in [0.29, 0.717) is 6.42 Å². The molecule has 2 heterocycles. The van der Waals surface area contributed by atoms with E-state index in [2.05, 4.69) is 0 Å². The molecule has 10 heteroatoms. The fraction of sp³-hybridized carbons (Fsp3) is 1.00. The average Bonchev–Trinajstić information content (AvgIpc) is 2.80. The van der Waals surface area contributed by atoms with E-state index < -0.39 is 54.1 Å². The first-order valence-electron chi connectivity index (χ1n) is 7.30. The van der Waals surface area contributed by atoms with E-state index in [1.807, 2.05) is 0 Å². The van der Waals surface area contributed by atoms with Crippen molar-refractivity contribution in [2.75, 3.05) is 11.8 Å². The number of hydrogen-bond acceptors (Lipinski definition) is 7. The molecule has 0 aromatic carbocycles. The van der Waals surface area contributed by atoms with E-state index in [4.69, 9.17) is 49.0 Å². The van der Waals surface area contributed by atoms with Gasteiger partial charge in [-0.15, -0.1) is 34.8 Å². The fourth-order valence-corrected chi connectivity index (χ4v) is 3.65. The number of hydrogen-bond donors (Lipinski definition) is 4. The van der Waals surface area contributed by atoms with Crippen LogP contribution in [-0.4, -0.2) is 86.3 Å². The van der Waals surface area contributed by atoms with Gasteiger partial charge in [-0.1, -0.05) is 6.92 Å². The highest BCUT2D eigenvalue weighted by atomic mass is 35.5. The summed E-state index contributed by atoms with van der Waals surface area (Å²) >= 11 is 17.6. The fourth-order valence-electron chi connectivity index (χ4n) is 2.73. The van der Waals surface area contributed by atoms with Crippen molar-refractivity contribution in [3.8, 4) is 0 Å². The summed E-state index contributed by atoms with van der Waals surface area (Å²) in [6, 6.07) is 0. The highest BCUT2D eigenvalue weighted by molar-refractivity contribution is 6.21. The molecule has 0 radical (unpaired) electrons. The van der Waals surface area contributed by atoms with Gasteiger partial charge in [0, 0.05) is 0 Å². The maximum absolute atomic E-state index is 10.2. The minimum atomic E-state index is -1.82. The van der Waals surface area contributed by atoms with Crippen molar-refractivity contribution in [2.24, 2.45) is 0 Å². The average molecular weight is 396 g/mol. The molecule has 0 saturated carbocycles. The second kappa shape index (κ2) is 7.86. The van der Waals surface area contributed by atoms with E-state index >= 15 is 0 Å². The van der Waals surface area contributed by atoms with Crippen molar-refractivity contribution in [2.45, 2.75) is 67.4 Å². The van der Waals surface area contributed by atoms with E-state index in [9.17, 15) is 20.4 Å². The highest BCUT2D eigenvalue weighted by Gasteiger charge is 2.57. The lowest BCUT2D eigenvalue weighted by atomic mass is 9.99. The van der Waals surface area contributed by atoms with Crippen LogP contribution >= 0.6 is 34.8 Å². The summed E-state index contributed by atoms with van der Waals surface area (Å²) in [5.74, 6) is -2.25. The Morgan fingerprint density at radius 2 is 1.70 bits per heavy atom. The Morgan fingerprint density at radius 1 is 1.04 bits per heavy atom. The van der Waals surface area contributed by atoms with Gasteiger partial charge in [-0.2, -0.15) is 0 Å². The van der Waals surface area contributed by atoms with Crippen molar-refractivity contribution >= 4 is 34.8 Å². The molecular formula is C13H21Cl3O7. The zero-order chi connectivity index (χ0) is 17.4. The van der Waals surface area contributed by atoms with Crippen LogP contribution in [0.25, 0.3) is 0 Å². The van der Waals surface area contributed by atoms with Gasteiger partial charge in [-0.3, -0.25) is 0 Å². The lowest BCUT2D eigenvalue weighted by Gasteiger charge is -2.43. The molecule has 7 nitrogen and oxygen atoms in total. The monoisotopic (exact) mass is 394 g/mol. The third kappa shape index (κ3) is 3.60. The number of rotatable bonds is 5.